The summed E-state index contributed by atoms with van der Waals surface area (Å²) in [6.07, 6.45) is 4.95. The molecule has 120 valence electrons. The van der Waals surface area contributed by atoms with E-state index in [2.05, 4.69) is 15.7 Å². The Balaban J connectivity index is 1.63. The Bertz CT molecular complexity index is 550. The molecule has 2 aliphatic rings. The van der Waals surface area contributed by atoms with Crippen molar-refractivity contribution in [3.05, 3.63) is 12.3 Å². The van der Waals surface area contributed by atoms with Crippen molar-refractivity contribution >= 4 is 17.6 Å². The molecule has 3 rings (SSSR count). The van der Waals surface area contributed by atoms with Gasteiger partial charge in [-0.2, -0.15) is 5.10 Å². The highest BCUT2D eigenvalue weighted by atomic mass is 16.2. The second kappa shape index (κ2) is 6.48. The van der Waals surface area contributed by atoms with E-state index in [4.69, 9.17) is 0 Å². The third kappa shape index (κ3) is 2.99. The van der Waals surface area contributed by atoms with Crippen LogP contribution in [0.25, 0.3) is 0 Å². The van der Waals surface area contributed by atoms with Crippen molar-refractivity contribution in [2.75, 3.05) is 25.0 Å². The van der Waals surface area contributed by atoms with Crippen LogP contribution < -0.4 is 10.6 Å². The highest BCUT2D eigenvalue weighted by molar-refractivity contribution is 5.96. The van der Waals surface area contributed by atoms with Gasteiger partial charge in [0.1, 0.15) is 6.04 Å². The predicted molar refractivity (Wildman–Crippen MR) is 82.4 cm³/mol. The summed E-state index contributed by atoms with van der Waals surface area (Å²) in [6, 6.07) is 1.77. The minimum absolute atomic E-state index is 0.0737. The number of hydrogen-bond acceptors (Lipinski definition) is 4. The van der Waals surface area contributed by atoms with Crippen molar-refractivity contribution in [3.8, 4) is 0 Å². The van der Waals surface area contributed by atoms with E-state index in [-0.39, 0.29) is 11.8 Å². The monoisotopic (exact) mass is 305 g/mol. The summed E-state index contributed by atoms with van der Waals surface area (Å²) >= 11 is 0. The van der Waals surface area contributed by atoms with Crippen molar-refractivity contribution in [2.24, 2.45) is 0 Å². The van der Waals surface area contributed by atoms with Crippen LogP contribution in [-0.4, -0.2) is 52.2 Å². The number of nitrogens with zero attached hydrogens (tertiary/aromatic N) is 3. The zero-order chi connectivity index (χ0) is 15.5. The van der Waals surface area contributed by atoms with Crippen LogP contribution >= 0.6 is 0 Å². The lowest BCUT2D eigenvalue weighted by Crippen LogP contribution is -2.44. The molecule has 0 saturated carbocycles. The van der Waals surface area contributed by atoms with Gasteiger partial charge in [-0.3, -0.25) is 14.3 Å². The van der Waals surface area contributed by atoms with Crippen LogP contribution in [0.3, 0.4) is 0 Å². The van der Waals surface area contributed by atoms with E-state index in [1.807, 2.05) is 23.9 Å². The van der Waals surface area contributed by atoms with Gasteiger partial charge in [-0.25, -0.2) is 0 Å². The molecule has 2 aliphatic heterocycles. The average Bonchev–Trinajstić information content (AvgIpc) is 3.21. The first-order valence-corrected chi connectivity index (χ1v) is 8.05. The fraction of sp³-hybridized carbons (Fsp3) is 0.667. The molecule has 0 radical (unpaired) electrons. The summed E-state index contributed by atoms with van der Waals surface area (Å²) < 4.78 is 1.90. The number of hydrogen-bond donors (Lipinski definition) is 2. The number of nitrogens with one attached hydrogen (secondary N) is 2. The Hall–Kier alpha value is -1.89. The van der Waals surface area contributed by atoms with Crippen molar-refractivity contribution < 1.29 is 9.59 Å². The van der Waals surface area contributed by atoms with Crippen LogP contribution in [0.5, 0.6) is 0 Å². The quantitative estimate of drug-likeness (QED) is 0.841. The Morgan fingerprint density at radius 2 is 2.45 bits per heavy atom. The van der Waals surface area contributed by atoms with E-state index < -0.39 is 6.04 Å². The first kappa shape index (κ1) is 15.0. The number of carbonyl (C=O) groups excluding carboxylic acids is 2. The van der Waals surface area contributed by atoms with Gasteiger partial charge in [0.25, 0.3) is 0 Å². The SMILES string of the molecule is CC[C@@H](C(=O)Nc1ccn([C@@H]2CCNC2)n1)N1CCCC1=O. The lowest BCUT2D eigenvalue weighted by Gasteiger charge is -2.25. The summed E-state index contributed by atoms with van der Waals surface area (Å²) in [7, 11) is 0. The molecule has 7 heteroatoms. The molecule has 3 heterocycles. The summed E-state index contributed by atoms with van der Waals surface area (Å²) in [5.41, 5.74) is 0. The molecule has 0 aromatic carbocycles. The van der Waals surface area contributed by atoms with Gasteiger partial charge in [-0.1, -0.05) is 6.92 Å². The van der Waals surface area contributed by atoms with Gasteiger partial charge in [0, 0.05) is 31.8 Å². The highest BCUT2D eigenvalue weighted by Crippen LogP contribution is 2.19. The lowest BCUT2D eigenvalue weighted by atomic mass is 10.2. The van der Waals surface area contributed by atoms with Crippen LogP contribution in [0.1, 0.15) is 38.6 Å². The van der Waals surface area contributed by atoms with Gasteiger partial charge in [-0.15, -0.1) is 0 Å². The van der Waals surface area contributed by atoms with Crippen molar-refractivity contribution in [2.45, 2.75) is 44.7 Å². The maximum atomic E-state index is 12.4. The van der Waals surface area contributed by atoms with Crippen LogP contribution in [0.2, 0.25) is 0 Å². The zero-order valence-corrected chi connectivity index (χ0v) is 12.9. The normalized spacial score (nSPS) is 23.0. The number of anilines is 1. The van der Waals surface area contributed by atoms with Crippen LogP contribution in [0.4, 0.5) is 5.82 Å². The second-order valence-corrected chi connectivity index (χ2v) is 5.93. The second-order valence-electron chi connectivity index (χ2n) is 5.93. The molecule has 0 unspecified atom stereocenters. The average molecular weight is 305 g/mol. The van der Waals surface area contributed by atoms with Crippen LogP contribution in [-0.2, 0) is 9.59 Å². The van der Waals surface area contributed by atoms with E-state index in [9.17, 15) is 9.59 Å². The zero-order valence-electron chi connectivity index (χ0n) is 12.9. The molecule has 0 aliphatic carbocycles. The molecule has 2 fully saturated rings. The summed E-state index contributed by atoms with van der Waals surface area (Å²) in [5.74, 6) is 0.485. The Morgan fingerprint density at radius 1 is 1.59 bits per heavy atom. The topological polar surface area (TPSA) is 79.3 Å². The van der Waals surface area contributed by atoms with E-state index >= 15 is 0 Å². The van der Waals surface area contributed by atoms with Crippen molar-refractivity contribution in [3.63, 3.8) is 0 Å². The summed E-state index contributed by atoms with van der Waals surface area (Å²) in [4.78, 5) is 26.0. The summed E-state index contributed by atoms with van der Waals surface area (Å²) in [6.45, 7) is 4.52. The molecule has 2 amide bonds. The van der Waals surface area contributed by atoms with Gasteiger partial charge in [-0.05, 0) is 25.8 Å². The smallest absolute Gasteiger partial charge is 0.248 e. The Morgan fingerprint density at radius 3 is 3.09 bits per heavy atom. The molecule has 2 N–H and O–H groups in total. The number of aromatic nitrogens is 2. The molecular weight excluding hydrogens is 282 g/mol. The molecule has 1 aromatic heterocycles. The summed E-state index contributed by atoms with van der Waals surface area (Å²) in [5, 5.41) is 10.6. The number of amides is 2. The standard InChI is InChI=1S/C15H23N5O2/c1-2-12(19-8-3-4-14(19)21)15(22)17-13-6-9-20(18-13)11-5-7-16-10-11/h6,9,11-12,16H,2-5,7-8,10H2,1H3,(H,17,18,22)/t11-,12+/m1/s1. The first-order valence-electron chi connectivity index (χ1n) is 8.05. The molecule has 2 atom stereocenters. The molecule has 22 heavy (non-hydrogen) atoms. The molecule has 1 aromatic rings. The molecule has 7 nitrogen and oxygen atoms in total. The van der Waals surface area contributed by atoms with Gasteiger partial charge in [0.05, 0.1) is 6.04 Å². The van der Waals surface area contributed by atoms with Gasteiger partial charge >= 0.3 is 0 Å². The van der Waals surface area contributed by atoms with Gasteiger partial charge < -0.3 is 15.5 Å². The highest BCUT2D eigenvalue weighted by Gasteiger charge is 2.31. The third-order valence-corrected chi connectivity index (χ3v) is 4.44. The Labute approximate surface area is 130 Å². The lowest BCUT2D eigenvalue weighted by molar-refractivity contribution is -0.135. The van der Waals surface area contributed by atoms with E-state index in [1.54, 1.807) is 4.90 Å². The molecule has 0 bridgehead atoms. The van der Waals surface area contributed by atoms with Crippen molar-refractivity contribution in [1.29, 1.82) is 0 Å². The van der Waals surface area contributed by atoms with E-state index in [0.29, 0.717) is 31.2 Å². The fourth-order valence-corrected chi connectivity index (χ4v) is 3.23. The molecular formula is C15H23N5O2. The van der Waals surface area contributed by atoms with Gasteiger partial charge in [0.2, 0.25) is 11.8 Å². The number of likely N-dealkylation sites (tertiary alicyclic amines) is 1. The van der Waals surface area contributed by atoms with Crippen LogP contribution in [0.15, 0.2) is 12.3 Å². The van der Waals surface area contributed by atoms with Gasteiger partial charge in [0.15, 0.2) is 5.82 Å². The largest absolute Gasteiger partial charge is 0.331 e. The maximum absolute atomic E-state index is 12.4. The predicted octanol–water partition coefficient (Wildman–Crippen LogP) is 0.757. The minimum atomic E-state index is -0.395. The maximum Gasteiger partial charge on any atom is 0.248 e. The van der Waals surface area contributed by atoms with Crippen LogP contribution in [0, 0.1) is 0 Å². The minimum Gasteiger partial charge on any atom is -0.331 e. The van der Waals surface area contributed by atoms with E-state index in [0.717, 1.165) is 25.9 Å². The number of carbonyl (C=O) groups is 2. The molecule has 0 spiro atoms. The third-order valence-electron chi connectivity index (χ3n) is 4.44. The van der Waals surface area contributed by atoms with E-state index in [1.165, 1.54) is 0 Å². The Kier molecular flexibility index (Phi) is 4.42. The molecule has 2 saturated heterocycles. The first-order chi connectivity index (χ1) is 10.7. The fourth-order valence-electron chi connectivity index (χ4n) is 3.23. The number of rotatable bonds is 5. The van der Waals surface area contributed by atoms with Crippen molar-refractivity contribution in [1.82, 2.24) is 20.0 Å².